The van der Waals surface area contributed by atoms with Gasteiger partial charge in [0.1, 0.15) is 6.04 Å². The van der Waals surface area contributed by atoms with Crippen molar-refractivity contribution in [2.75, 3.05) is 21.3 Å². The Hall–Kier alpha value is -2.72. The molecule has 7 heteroatoms. The molecule has 154 valence electrons. The summed E-state index contributed by atoms with van der Waals surface area (Å²) in [5.74, 6) is 1.15. The van der Waals surface area contributed by atoms with Crippen molar-refractivity contribution < 1.29 is 19.0 Å². The first-order valence-electron chi connectivity index (χ1n) is 9.25. The molecule has 0 aliphatic heterocycles. The third kappa shape index (κ3) is 6.40. The minimum atomic E-state index is -0.803. The summed E-state index contributed by atoms with van der Waals surface area (Å²) >= 11 is 3.42. The van der Waals surface area contributed by atoms with Crippen LogP contribution >= 0.6 is 15.9 Å². The van der Waals surface area contributed by atoms with E-state index in [0.717, 1.165) is 23.7 Å². The highest BCUT2D eigenvalue weighted by Gasteiger charge is 2.20. The van der Waals surface area contributed by atoms with Crippen molar-refractivity contribution in [3.63, 3.8) is 0 Å². The zero-order valence-corrected chi connectivity index (χ0v) is 18.4. The number of nitrogens with one attached hydrogen (secondary N) is 1. The molecule has 1 amide bonds. The minimum absolute atomic E-state index is 0.166. The number of benzene rings is 2. The predicted molar refractivity (Wildman–Crippen MR) is 114 cm³/mol. The number of aryl methyl sites for hydroxylation is 1. The van der Waals surface area contributed by atoms with Gasteiger partial charge in [0, 0.05) is 10.9 Å². The second-order valence-electron chi connectivity index (χ2n) is 6.42. The maximum Gasteiger partial charge on any atom is 0.221 e. The summed E-state index contributed by atoms with van der Waals surface area (Å²) in [7, 11) is 4.52. The molecule has 0 saturated carbocycles. The molecule has 1 N–H and O–H groups in total. The number of hydrogen-bond acceptors (Lipinski definition) is 5. The third-order valence-corrected chi connectivity index (χ3v) is 5.02. The number of nitrogens with zero attached hydrogens (tertiary/aromatic N) is 1. The number of carbonyl (C=O) groups excluding carboxylic acids is 1. The number of rotatable bonds is 10. The molecule has 0 bridgehead atoms. The van der Waals surface area contributed by atoms with E-state index in [1.54, 1.807) is 12.1 Å². The van der Waals surface area contributed by atoms with Crippen molar-refractivity contribution >= 4 is 21.8 Å². The van der Waals surface area contributed by atoms with E-state index in [1.165, 1.54) is 26.9 Å². The Morgan fingerprint density at radius 1 is 1.07 bits per heavy atom. The highest BCUT2D eigenvalue weighted by molar-refractivity contribution is 9.10. The third-order valence-electron chi connectivity index (χ3n) is 4.49. The van der Waals surface area contributed by atoms with Gasteiger partial charge in [0.2, 0.25) is 11.7 Å². The molecule has 0 saturated heterocycles. The van der Waals surface area contributed by atoms with Gasteiger partial charge in [0.05, 0.1) is 27.4 Å². The van der Waals surface area contributed by atoms with Crippen LogP contribution in [0, 0.1) is 11.3 Å². The minimum Gasteiger partial charge on any atom is -0.493 e. The van der Waals surface area contributed by atoms with Gasteiger partial charge in [-0.3, -0.25) is 4.79 Å². The Morgan fingerprint density at radius 3 is 2.21 bits per heavy atom. The molecule has 0 spiro atoms. The Morgan fingerprint density at radius 2 is 1.69 bits per heavy atom. The fourth-order valence-corrected chi connectivity index (χ4v) is 3.22. The highest BCUT2D eigenvalue weighted by atomic mass is 79.9. The van der Waals surface area contributed by atoms with Crippen LogP contribution in [0.25, 0.3) is 0 Å². The summed E-state index contributed by atoms with van der Waals surface area (Å²) < 4.78 is 17.0. The van der Waals surface area contributed by atoms with Crippen LogP contribution in [0.2, 0.25) is 0 Å². The molecule has 0 aliphatic carbocycles. The molecule has 0 radical (unpaired) electrons. The van der Waals surface area contributed by atoms with Crippen molar-refractivity contribution in [2.45, 2.75) is 31.7 Å². The Kier molecular flexibility index (Phi) is 8.81. The number of nitriles is 1. The largest absolute Gasteiger partial charge is 0.493 e. The zero-order chi connectivity index (χ0) is 21.2. The van der Waals surface area contributed by atoms with Gasteiger partial charge in [-0.05, 0) is 54.7 Å². The lowest BCUT2D eigenvalue weighted by Gasteiger charge is -2.17. The summed E-state index contributed by atoms with van der Waals surface area (Å²) in [6.45, 7) is 0. The van der Waals surface area contributed by atoms with Crippen LogP contribution in [0.3, 0.4) is 0 Å². The van der Waals surface area contributed by atoms with Crippen molar-refractivity contribution in [3.05, 3.63) is 52.0 Å². The van der Waals surface area contributed by atoms with E-state index in [4.69, 9.17) is 14.2 Å². The fraction of sp³-hybridized carbons (Fsp3) is 0.364. The number of hydrogen-bond donors (Lipinski definition) is 1. The van der Waals surface area contributed by atoms with Gasteiger partial charge >= 0.3 is 0 Å². The number of methoxy groups -OCH3 is 3. The first-order valence-corrected chi connectivity index (χ1v) is 10.0. The Bertz CT molecular complexity index is 837. The van der Waals surface area contributed by atoms with Gasteiger partial charge in [0.15, 0.2) is 11.5 Å². The molecule has 6 nitrogen and oxygen atoms in total. The lowest BCUT2D eigenvalue weighted by atomic mass is 10.0. The average Bonchev–Trinajstić information content (AvgIpc) is 2.75. The van der Waals surface area contributed by atoms with Crippen molar-refractivity contribution in [1.29, 1.82) is 5.26 Å². The molecule has 2 rings (SSSR count). The predicted octanol–water partition coefficient (Wildman–Crippen LogP) is 4.57. The van der Waals surface area contributed by atoms with Gasteiger partial charge in [-0.15, -0.1) is 0 Å². The van der Waals surface area contributed by atoms with Crippen molar-refractivity contribution in [3.8, 4) is 23.3 Å². The monoisotopic (exact) mass is 460 g/mol. The van der Waals surface area contributed by atoms with Gasteiger partial charge < -0.3 is 19.5 Å². The summed E-state index contributed by atoms with van der Waals surface area (Å²) in [6, 6.07) is 12.8. The fourth-order valence-electron chi connectivity index (χ4n) is 2.96. The van der Waals surface area contributed by atoms with Gasteiger partial charge in [-0.1, -0.05) is 28.1 Å². The summed E-state index contributed by atoms with van der Waals surface area (Å²) in [6.07, 6.45) is 2.92. The second-order valence-corrected chi connectivity index (χ2v) is 7.34. The van der Waals surface area contributed by atoms with Crippen molar-refractivity contribution in [2.24, 2.45) is 0 Å². The van der Waals surface area contributed by atoms with E-state index in [1.807, 2.05) is 12.1 Å². The highest BCUT2D eigenvalue weighted by Crippen LogP contribution is 2.39. The van der Waals surface area contributed by atoms with Gasteiger partial charge in [0.25, 0.3) is 0 Å². The van der Waals surface area contributed by atoms with Crippen LogP contribution in [0.4, 0.5) is 0 Å². The average molecular weight is 461 g/mol. The first-order chi connectivity index (χ1) is 14.0. The smallest absolute Gasteiger partial charge is 0.221 e. The van der Waals surface area contributed by atoms with Crippen LogP contribution in [0.5, 0.6) is 17.2 Å². The maximum absolute atomic E-state index is 12.3. The van der Waals surface area contributed by atoms with Crippen LogP contribution in [-0.2, 0) is 11.2 Å². The van der Waals surface area contributed by atoms with Crippen LogP contribution in [-0.4, -0.2) is 27.2 Å². The molecular weight excluding hydrogens is 436 g/mol. The van der Waals surface area contributed by atoms with Gasteiger partial charge in [-0.2, -0.15) is 5.26 Å². The van der Waals surface area contributed by atoms with E-state index < -0.39 is 6.04 Å². The van der Waals surface area contributed by atoms with Crippen LogP contribution in [0.15, 0.2) is 40.9 Å². The lowest BCUT2D eigenvalue weighted by Crippen LogP contribution is -2.27. The topological polar surface area (TPSA) is 80.6 Å². The standard InChI is InChI=1S/C22H25BrN2O4/c1-27-19-12-16(13-20(28-2)22(19)29-3)18(14-24)25-21(26)7-5-4-6-15-8-10-17(23)11-9-15/h8-13,18H,4-7H2,1-3H3,(H,25,26). The Balaban J connectivity index is 1.94. The number of unbranched alkanes of at least 4 members (excludes halogenated alkanes) is 1. The molecule has 1 unspecified atom stereocenters. The summed E-state index contributed by atoms with van der Waals surface area (Å²) in [5.41, 5.74) is 1.81. The quantitative estimate of drug-likeness (QED) is 0.525. The number of amides is 1. The molecule has 2 aromatic carbocycles. The van der Waals surface area contributed by atoms with E-state index in [-0.39, 0.29) is 5.91 Å². The van der Waals surface area contributed by atoms with Crippen LogP contribution < -0.4 is 19.5 Å². The molecular formula is C22H25BrN2O4. The number of ether oxygens (including phenoxy) is 3. The summed E-state index contributed by atoms with van der Waals surface area (Å²) in [5, 5.41) is 12.3. The number of halogens is 1. The van der Waals surface area contributed by atoms with E-state index in [9.17, 15) is 10.1 Å². The van der Waals surface area contributed by atoms with E-state index in [2.05, 4.69) is 39.4 Å². The Labute approximate surface area is 179 Å². The molecule has 0 aliphatic rings. The lowest BCUT2D eigenvalue weighted by molar-refractivity contribution is -0.121. The second kappa shape index (κ2) is 11.3. The maximum atomic E-state index is 12.3. The first kappa shape index (κ1) is 22.6. The molecule has 0 heterocycles. The SMILES string of the molecule is COc1cc(C(C#N)NC(=O)CCCCc2ccc(Br)cc2)cc(OC)c1OC. The summed E-state index contributed by atoms with van der Waals surface area (Å²) in [4.78, 5) is 12.3. The molecule has 0 fully saturated rings. The van der Waals surface area contributed by atoms with E-state index >= 15 is 0 Å². The van der Waals surface area contributed by atoms with Crippen LogP contribution in [0.1, 0.15) is 36.4 Å². The number of carbonyl (C=O) groups is 1. The molecule has 29 heavy (non-hydrogen) atoms. The molecule has 1 atom stereocenters. The molecule has 2 aromatic rings. The normalized spacial score (nSPS) is 11.3. The molecule has 0 aromatic heterocycles. The van der Waals surface area contributed by atoms with Gasteiger partial charge in [-0.25, -0.2) is 0 Å². The van der Waals surface area contributed by atoms with E-state index in [0.29, 0.717) is 29.2 Å². The zero-order valence-electron chi connectivity index (χ0n) is 16.8. The van der Waals surface area contributed by atoms with Crippen molar-refractivity contribution in [1.82, 2.24) is 5.32 Å².